The first-order valence-corrected chi connectivity index (χ1v) is 4.69. The number of nitrogen functional groups attached to an aromatic ring is 1. The molecule has 15 heavy (non-hydrogen) atoms. The number of anilines is 1. The first-order valence-electron chi connectivity index (χ1n) is 4.69. The van der Waals surface area contributed by atoms with Gasteiger partial charge in [-0.1, -0.05) is 6.07 Å². The number of nitrogens with two attached hydrogens (primary N) is 1. The van der Waals surface area contributed by atoms with Crippen LogP contribution < -0.4 is 10.5 Å². The molecular weight excluding hydrogens is 190 g/mol. The summed E-state index contributed by atoms with van der Waals surface area (Å²) in [5.74, 6) is 0.740. The molecule has 1 aromatic carbocycles. The highest BCUT2D eigenvalue weighted by atomic mass is 16.5. The van der Waals surface area contributed by atoms with Crippen LogP contribution in [-0.4, -0.2) is 9.55 Å². The summed E-state index contributed by atoms with van der Waals surface area (Å²) in [7, 11) is 1.88. The normalized spacial score (nSPS) is 10.3. The molecule has 0 unspecified atom stereocenters. The molecule has 0 atom stereocenters. The molecule has 0 fully saturated rings. The summed E-state index contributed by atoms with van der Waals surface area (Å²) in [5.41, 5.74) is 7.44. The second-order valence-electron chi connectivity index (χ2n) is 3.39. The third-order valence-electron chi connectivity index (χ3n) is 2.30. The highest BCUT2D eigenvalue weighted by molar-refractivity contribution is 5.53. The second kappa shape index (κ2) is 3.65. The number of nitrogens with zero attached hydrogens (tertiary/aromatic N) is 2. The summed E-state index contributed by atoms with van der Waals surface area (Å²) in [6, 6.07) is 6.14. The summed E-state index contributed by atoms with van der Waals surface area (Å²) in [5, 5.41) is 0. The number of imidazole rings is 1. The monoisotopic (exact) mass is 203 g/mol. The van der Waals surface area contributed by atoms with Crippen molar-refractivity contribution in [2.75, 3.05) is 5.73 Å². The molecule has 4 heteroatoms. The average molecular weight is 203 g/mol. The van der Waals surface area contributed by atoms with Crippen LogP contribution in [0.4, 0.5) is 5.69 Å². The van der Waals surface area contributed by atoms with E-state index >= 15 is 0 Å². The van der Waals surface area contributed by atoms with Crippen molar-refractivity contribution in [3.05, 3.63) is 36.2 Å². The van der Waals surface area contributed by atoms with Gasteiger partial charge in [0, 0.05) is 30.7 Å². The van der Waals surface area contributed by atoms with Crippen LogP contribution in [0.3, 0.4) is 0 Å². The van der Waals surface area contributed by atoms with Crippen molar-refractivity contribution < 1.29 is 4.74 Å². The molecule has 0 spiro atoms. The van der Waals surface area contributed by atoms with Crippen molar-refractivity contribution in [3.8, 4) is 11.8 Å². The van der Waals surface area contributed by atoms with Gasteiger partial charge in [0.1, 0.15) is 5.75 Å². The Morgan fingerprint density at radius 2 is 2.20 bits per heavy atom. The Hall–Kier alpha value is -1.97. The topological polar surface area (TPSA) is 53.1 Å². The molecule has 1 aromatic heterocycles. The minimum Gasteiger partial charge on any atom is -0.425 e. The minimum atomic E-state index is 0.559. The lowest BCUT2D eigenvalue weighted by molar-refractivity contribution is 0.422. The van der Waals surface area contributed by atoms with E-state index in [0.717, 1.165) is 17.0 Å². The van der Waals surface area contributed by atoms with E-state index < -0.39 is 0 Å². The van der Waals surface area contributed by atoms with Crippen molar-refractivity contribution in [2.45, 2.75) is 6.92 Å². The van der Waals surface area contributed by atoms with Crippen molar-refractivity contribution in [3.63, 3.8) is 0 Å². The van der Waals surface area contributed by atoms with E-state index in [9.17, 15) is 0 Å². The van der Waals surface area contributed by atoms with E-state index in [2.05, 4.69) is 4.98 Å². The number of ether oxygens (including phenoxy) is 1. The van der Waals surface area contributed by atoms with Gasteiger partial charge in [-0.25, -0.2) is 4.98 Å². The average Bonchev–Trinajstić information content (AvgIpc) is 2.60. The van der Waals surface area contributed by atoms with Crippen LogP contribution in [0, 0.1) is 6.92 Å². The quantitative estimate of drug-likeness (QED) is 0.760. The minimum absolute atomic E-state index is 0.559. The van der Waals surface area contributed by atoms with Crippen LogP contribution >= 0.6 is 0 Å². The van der Waals surface area contributed by atoms with E-state index in [1.165, 1.54) is 0 Å². The maximum absolute atomic E-state index is 5.78. The second-order valence-corrected chi connectivity index (χ2v) is 3.39. The smallest absolute Gasteiger partial charge is 0.301 e. The lowest BCUT2D eigenvalue weighted by Gasteiger charge is -2.09. The van der Waals surface area contributed by atoms with E-state index in [1.807, 2.05) is 42.9 Å². The molecule has 0 radical (unpaired) electrons. The zero-order valence-electron chi connectivity index (χ0n) is 8.77. The fourth-order valence-corrected chi connectivity index (χ4v) is 1.29. The van der Waals surface area contributed by atoms with Crippen molar-refractivity contribution in [2.24, 2.45) is 7.05 Å². The van der Waals surface area contributed by atoms with Gasteiger partial charge in [0.25, 0.3) is 0 Å². The zero-order chi connectivity index (χ0) is 10.8. The van der Waals surface area contributed by atoms with Gasteiger partial charge in [-0.05, 0) is 19.1 Å². The number of hydrogen-bond acceptors (Lipinski definition) is 3. The van der Waals surface area contributed by atoms with Gasteiger partial charge < -0.3 is 15.0 Å². The largest absolute Gasteiger partial charge is 0.425 e. The standard InChI is InChI=1S/C11H13N3O/c1-8-9(12)4-3-5-10(8)15-11-13-6-7-14(11)2/h3-7H,12H2,1-2H3. The molecule has 0 amide bonds. The number of benzene rings is 1. The van der Waals surface area contributed by atoms with Crippen LogP contribution in [0.15, 0.2) is 30.6 Å². The summed E-state index contributed by atoms with van der Waals surface area (Å²) in [6.45, 7) is 1.92. The summed E-state index contributed by atoms with van der Waals surface area (Å²) >= 11 is 0. The summed E-state index contributed by atoms with van der Waals surface area (Å²) < 4.78 is 7.44. The van der Waals surface area contributed by atoms with Gasteiger partial charge in [-0.2, -0.15) is 0 Å². The number of hydrogen-bond donors (Lipinski definition) is 1. The molecule has 0 aliphatic rings. The van der Waals surface area contributed by atoms with Gasteiger partial charge in [-0.15, -0.1) is 0 Å². The van der Waals surface area contributed by atoms with Gasteiger partial charge in [0.2, 0.25) is 0 Å². The Labute approximate surface area is 88.3 Å². The molecule has 0 saturated heterocycles. The molecule has 78 valence electrons. The van der Waals surface area contributed by atoms with Crippen LogP contribution in [-0.2, 0) is 7.05 Å². The van der Waals surface area contributed by atoms with E-state index in [1.54, 1.807) is 6.20 Å². The lowest BCUT2D eigenvalue weighted by Crippen LogP contribution is -1.97. The lowest BCUT2D eigenvalue weighted by atomic mass is 10.2. The fraction of sp³-hybridized carbons (Fsp3) is 0.182. The van der Waals surface area contributed by atoms with Crippen molar-refractivity contribution >= 4 is 5.69 Å². The predicted octanol–water partition coefficient (Wildman–Crippen LogP) is 2.10. The Kier molecular flexibility index (Phi) is 2.33. The predicted molar refractivity (Wildman–Crippen MR) is 58.9 cm³/mol. The van der Waals surface area contributed by atoms with E-state index in [4.69, 9.17) is 10.5 Å². The highest BCUT2D eigenvalue weighted by Crippen LogP contribution is 2.26. The van der Waals surface area contributed by atoms with Gasteiger partial charge in [0.15, 0.2) is 0 Å². The Morgan fingerprint density at radius 3 is 2.87 bits per heavy atom. The third-order valence-corrected chi connectivity index (χ3v) is 2.30. The number of rotatable bonds is 2. The Balaban J connectivity index is 2.33. The van der Waals surface area contributed by atoms with Crippen LogP contribution in [0.25, 0.3) is 0 Å². The first kappa shape index (κ1) is 9.58. The maximum atomic E-state index is 5.78. The van der Waals surface area contributed by atoms with Crippen LogP contribution in [0.5, 0.6) is 11.8 Å². The first-order chi connectivity index (χ1) is 7.18. The van der Waals surface area contributed by atoms with E-state index in [-0.39, 0.29) is 0 Å². The Morgan fingerprint density at radius 1 is 1.40 bits per heavy atom. The molecule has 4 nitrogen and oxygen atoms in total. The maximum Gasteiger partial charge on any atom is 0.301 e. The molecule has 2 aromatic rings. The summed E-state index contributed by atoms with van der Waals surface area (Å²) in [4.78, 5) is 4.08. The van der Waals surface area contributed by atoms with Crippen LogP contribution in [0.1, 0.15) is 5.56 Å². The molecular formula is C11H13N3O. The van der Waals surface area contributed by atoms with Crippen molar-refractivity contribution in [1.82, 2.24) is 9.55 Å². The molecule has 2 rings (SSSR count). The molecule has 0 bridgehead atoms. The molecule has 2 N–H and O–H groups in total. The number of aromatic nitrogens is 2. The molecule has 0 aliphatic carbocycles. The molecule has 0 saturated carbocycles. The van der Waals surface area contributed by atoms with Gasteiger partial charge >= 0.3 is 6.01 Å². The fourth-order valence-electron chi connectivity index (χ4n) is 1.29. The number of aryl methyl sites for hydroxylation is 1. The van der Waals surface area contributed by atoms with Crippen molar-refractivity contribution in [1.29, 1.82) is 0 Å². The third kappa shape index (κ3) is 1.79. The Bertz CT molecular complexity index is 476. The SMILES string of the molecule is Cc1c(N)cccc1Oc1nccn1C. The highest BCUT2D eigenvalue weighted by Gasteiger charge is 2.06. The van der Waals surface area contributed by atoms with Gasteiger partial charge in [-0.3, -0.25) is 0 Å². The van der Waals surface area contributed by atoms with Gasteiger partial charge in [0.05, 0.1) is 0 Å². The van der Waals surface area contributed by atoms with Crippen LogP contribution in [0.2, 0.25) is 0 Å². The molecule has 1 heterocycles. The van der Waals surface area contributed by atoms with E-state index in [0.29, 0.717) is 6.01 Å². The zero-order valence-corrected chi connectivity index (χ0v) is 8.77. The molecule has 0 aliphatic heterocycles. The summed E-state index contributed by atoms with van der Waals surface area (Å²) in [6.07, 6.45) is 3.52.